The number of benzene rings is 1. The number of amides is 2. The number of aromatic nitrogens is 2. The first-order valence-electron chi connectivity index (χ1n) is 9.30. The minimum absolute atomic E-state index is 0.0601. The lowest BCUT2D eigenvalue weighted by Gasteiger charge is -2.41. The summed E-state index contributed by atoms with van der Waals surface area (Å²) in [4.78, 5) is 26.4. The summed E-state index contributed by atoms with van der Waals surface area (Å²) >= 11 is 6.06. The molecule has 9 heteroatoms. The Kier molecular flexibility index (Phi) is 6.14. The molecule has 1 saturated heterocycles. The summed E-state index contributed by atoms with van der Waals surface area (Å²) in [5, 5.41) is 4.87. The van der Waals surface area contributed by atoms with Gasteiger partial charge in [0.05, 0.1) is 30.8 Å². The second kappa shape index (κ2) is 8.42. The van der Waals surface area contributed by atoms with Crippen LogP contribution in [0.15, 0.2) is 24.4 Å². The average molecular weight is 421 g/mol. The molecule has 1 aromatic heterocycles. The number of nitrogens with two attached hydrogens (primary N) is 1. The van der Waals surface area contributed by atoms with Crippen molar-refractivity contribution in [2.24, 2.45) is 12.8 Å². The quantitative estimate of drug-likeness (QED) is 0.768. The molecule has 29 heavy (non-hydrogen) atoms. The molecule has 1 fully saturated rings. The molecule has 1 aliphatic heterocycles. The van der Waals surface area contributed by atoms with Gasteiger partial charge in [-0.2, -0.15) is 5.10 Å². The lowest BCUT2D eigenvalue weighted by molar-refractivity contribution is -0.142. The molecule has 0 bridgehead atoms. The van der Waals surface area contributed by atoms with E-state index in [-0.39, 0.29) is 32.1 Å². The lowest BCUT2D eigenvalue weighted by atomic mass is 9.97. The minimum Gasteiger partial charge on any atom is -0.490 e. The Morgan fingerprint density at radius 1 is 1.38 bits per heavy atom. The van der Waals surface area contributed by atoms with E-state index < -0.39 is 11.5 Å². The van der Waals surface area contributed by atoms with Gasteiger partial charge >= 0.3 is 0 Å². The number of nitrogens with zero attached hydrogens (tertiary/aromatic N) is 3. The number of rotatable bonds is 6. The van der Waals surface area contributed by atoms with E-state index in [0.29, 0.717) is 28.6 Å². The van der Waals surface area contributed by atoms with Gasteiger partial charge < -0.3 is 20.1 Å². The van der Waals surface area contributed by atoms with E-state index in [1.54, 1.807) is 41.9 Å². The highest BCUT2D eigenvalue weighted by atomic mass is 35.5. The van der Waals surface area contributed by atoms with Gasteiger partial charge in [0.2, 0.25) is 5.91 Å². The number of primary amides is 1. The molecule has 2 N–H and O–H groups in total. The van der Waals surface area contributed by atoms with Gasteiger partial charge in [-0.1, -0.05) is 11.6 Å². The summed E-state index contributed by atoms with van der Waals surface area (Å²) in [7, 11) is 1.77. The number of aryl methyl sites for hydroxylation is 3. The fraction of sp³-hybridized carbons (Fsp3) is 0.450. The number of carbonyl (C=O) groups excluding carboxylic acids is 2. The molecule has 2 aromatic rings. The number of hydrogen-bond acceptors (Lipinski definition) is 5. The highest BCUT2D eigenvalue weighted by molar-refractivity contribution is 6.31. The Morgan fingerprint density at radius 3 is 2.76 bits per heavy atom. The zero-order chi connectivity index (χ0) is 21.2. The van der Waals surface area contributed by atoms with Gasteiger partial charge in [-0.25, -0.2) is 0 Å². The van der Waals surface area contributed by atoms with E-state index in [2.05, 4.69) is 5.10 Å². The van der Waals surface area contributed by atoms with Crippen molar-refractivity contribution in [3.8, 4) is 5.75 Å². The molecule has 0 radical (unpaired) electrons. The van der Waals surface area contributed by atoms with Gasteiger partial charge in [0.25, 0.3) is 5.91 Å². The second-order valence-electron chi connectivity index (χ2n) is 7.40. The first kappa shape index (κ1) is 21.1. The van der Waals surface area contributed by atoms with Gasteiger partial charge in [0.1, 0.15) is 18.0 Å². The van der Waals surface area contributed by atoms with E-state index in [1.807, 2.05) is 13.0 Å². The van der Waals surface area contributed by atoms with Crippen LogP contribution in [-0.4, -0.2) is 58.4 Å². The van der Waals surface area contributed by atoms with Crippen molar-refractivity contribution >= 4 is 23.4 Å². The second-order valence-corrected chi connectivity index (χ2v) is 7.81. The maximum absolute atomic E-state index is 13.0. The van der Waals surface area contributed by atoms with Gasteiger partial charge in [0.15, 0.2) is 0 Å². The Balaban J connectivity index is 1.79. The van der Waals surface area contributed by atoms with Crippen LogP contribution in [0.2, 0.25) is 5.02 Å². The number of ether oxygens (including phenoxy) is 2. The van der Waals surface area contributed by atoms with Crippen LogP contribution >= 0.6 is 11.6 Å². The monoisotopic (exact) mass is 420 g/mol. The van der Waals surface area contributed by atoms with Crippen LogP contribution in [0, 0.1) is 13.8 Å². The van der Waals surface area contributed by atoms with Crippen molar-refractivity contribution in [2.45, 2.75) is 25.9 Å². The highest BCUT2D eigenvalue weighted by Gasteiger charge is 2.41. The summed E-state index contributed by atoms with van der Waals surface area (Å²) in [5.74, 6) is -0.0753. The average Bonchev–Trinajstić information content (AvgIpc) is 3.00. The molecule has 2 amide bonds. The van der Waals surface area contributed by atoms with Crippen molar-refractivity contribution < 1.29 is 19.1 Å². The van der Waals surface area contributed by atoms with Gasteiger partial charge in [0, 0.05) is 24.8 Å². The largest absolute Gasteiger partial charge is 0.490 e. The predicted molar refractivity (Wildman–Crippen MR) is 108 cm³/mol. The third kappa shape index (κ3) is 4.89. The van der Waals surface area contributed by atoms with Crippen LogP contribution in [0.1, 0.15) is 28.0 Å². The van der Waals surface area contributed by atoms with Crippen molar-refractivity contribution in [1.29, 1.82) is 0 Å². The normalized spacial score (nSPS) is 19.2. The van der Waals surface area contributed by atoms with E-state index >= 15 is 0 Å². The molecule has 0 unspecified atom stereocenters. The fourth-order valence-corrected chi connectivity index (χ4v) is 3.60. The molecular formula is C20H25ClN4O4. The molecule has 156 valence electrons. The maximum atomic E-state index is 13.0. The van der Waals surface area contributed by atoms with Crippen molar-refractivity contribution in [3.05, 3.63) is 46.2 Å². The van der Waals surface area contributed by atoms with Gasteiger partial charge in [-0.3, -0.25) is 14.3 Å². The number of morpholine rings is 1. The zero-order valence-corrected chi connectivity index (χ0v) is 17.5. The smallest absolute Gasteiger partial charge is 0.257 e. The summed E-state index contributed by atoms with van der Waals surface area (Å²) < 4.78 is 13.4. The molecule has 1 aliphatic rings. The van der Waals surface area contributed by atoms with Crippen molar-refractivity contribution in [1.82, 2.24) is 14.7 Å². The number of hydrogen-bond donors (Lipinski definition) is 1. The minimum atomic E-state index is -1.02. The van der Waals surface area contributed by atoms with E-state index in [0.717, 1.165) is 5.56 Å². The van der Waals surface area contributed by atoms with E-state index in [1.165, 1.54) is 0 Å². The van der Waals surface area contributed by atoms with Crippen LogP contribution in [0.3, 0.4) is 0 Å². The molecule has 2 heterocycles. The first-order valence-corrected chi connectivity index (χ1v) is 9.68. The van der Waals surface area contributed by atoms with Crippen LogP contribution < -0.4 is 10.5 Å². The molecule has 1 atom stereocenters. The summed E-state index contributed by atoms with van der Waals surface area (Å²) in [5.41, 5.74) is 6.50. The molecule has 0 spiro atoms. The highest BCUT2D eigenvalue weighted by Crippen LogP contribution is 2.27. The Labute approximate surface area is 174 Å². The lowest BCUT2D eigenvalue weighted by Crippen LogP contribution is -2.58. The van der Waals surface area contributed by atoms with E-state index in [9.17, 15) is 9.59 Å². The Hall–Kier alpha value is -2.58. The van der Waals surface area contributed by atoms with Gasteiger partial charge in [-0.05, 0) is 37.6 Å². The maximum Gasteiger partial charge on any atom is 0.257 e. The molecular weight excluding hydrogens is 396 g/mol. The molecule has 3 rings (SSSR count). The van der Waals surface area contributed by atoms with Crippen LogP contribution in [0.5, 0.6) is 5.75 Å². The molecule has 8 nitrogen and oxygen atoms in total. The summed E-state index contributed by atoms with van der Waals surface area (Å²) in [6.07, 6.45) is 1.63. The third-order valence-corrected chi connectivity index (χ3v) is 5.33. The Morgan fingerprint density at radius 2 is 2.14 bits per heavy atom. The zero-order valence-electron chi connectivity index (χ0n) is 16.8. The molecule has 0 aliphatic carbocycles. The molecule has 0 saturated carbocycles. The topological polar surface area (TPSA) is 99.7 Å². The van der Waals surface area contributed by atoms with Crippen LogP contribution in [0.25, 0.3) is 0 Å². The SMILES string of the molecule is Cc1cc(OC[C@@]2(CC(N)=O)CN(C(=O)c3cn(C)nc3C)CCO2)ccc1Cl. The number of carbonyl (C=O) groups is 2. The third-order valence-electron chi connectivity index (χ3n) is 4.91. The van der Waals surface area contributed by atoms with Crippen LogP contribution in [0.4, 0.5) is 0 Å². The van der Waals surface area contributed by atoms with Gasteiger partial charge in [-0.15, -0.1) is 0 Å². The molecule has 1 aromatic carbocycles. The fourth-order valence-electron chi connectivity index (χ4n) is 3.48. The van der Waals surface area contributed by atoms with Crippen molar-refractivity contribution in [3.63, 3.8) is 0 Å². The Bertz CT molecular complexity index is 929. The standard InChI is InChI=1S/C20H25ClN4O4/c1-13-8-15(4-5-17(13)21)28-12-20(9-18(22)26)11-25(6-7-29-20)19(27)16-10-24(3)23-14(16)2/h4-5,8,10H,6-7,9,11-12H2,1-3H3,(H2,22,26)/t20-/m1/s1. The first-order chi connectivity index (χ1) is 13.7. The van der Waals surface area contributed by atoms with Crippen molar-refractivity contribution in [2.75, 3.05) is 26.3 Å². The summed E-state index contributed by atoms with van der Waals surface area (Å²) in [6, 6.07) is 5.30. The number of halogens is 1. The summed E-state index contributed by atoms with van der Waals surface area (Å²) in [6.45, 7) is 4.62. The predicted octanol–water partition coefficient (Wildman–Crippen LogP) is 1.86. The van der Waals surface area contributed by atoms with Crippen LogP contribution in [-0.2, 0) is 16.6 Å². The van der Waals surface area contributed by atoms with E-state index in [4.69, 9.17) is 26.8 Å².